The lowest BCUT2D eigenvalue weighted by atomic mass is 10.1. The van der Waals surface area contributed by atoms with Gasteiger partial charge in [0.1, 0.15) is 0 Å². The molecule has 3 amide bonds. The van der Waals surface area contributed by atoms with Crippen molar-refractivity contribution in [2.75, 3.05) is 17.2 Å². The minimum Gasteiger partial charge on any atom is -0.399 e. The number of nitrogen functional groups attached to an aromatic ring is 1. The van der Waals surface area contributed by atoms with E-state index >= 15 is 0 Å². The lowest BCUT2D eigenvalue weighted by Gasteiger charge is -2.27. The standard InChI is InChI=1S/C12H13N5O2/c1-16-9-4-7(13)5-10(8(9)6-14-16)17-3-2-11(18)15-12(17)19/h4-6H,2-3,13H2,1H3,(H,15,18,19). The molecule has 1 aromatic heterocycles. The van der Waals surface area contributed by atoms with Crippen molar-refractivity contribution >= 4 is 34.2 Å². The Morgan fingerprint density at radius 1 is 1.37 bits per heavy atom. The second kappa shape index (κ2) is 3.98. The number of nitrogens with two attached hydrogens (primary N) is 1. The van der Waals surface area contributed by atoms with Gasteiger partial charge < -0.3 is 5.73 Å². The predicted molar refractivity (Wildman–Crippen MR) is 70.6 cm³/mol. The van der Waals surface area contributed by atoms with Crippen LogP contribution in [0.4, 0.5) is 16.2 Å². The van der Waals surface area contributed by atoms with Gasteiger partial charge in [0, 0.05) is 31.1 Å². The molecule has 1 aliphatic heterocycles. The number of urea groups is 1. The molecular formula is C12H13N5O2. The van der Waals surface area contributed by atoms with Crippen LogP contribution in [0.2, 0.25) is 0 Å². The molecule has 1 aromatic carbocycles. The van der Waals surface area contributed by atoms with Gasteiger partial charge >= 0.3 is 6.03 Å². The van der Waals surface area contributed by atoms with E-state index in [1.807, 2.05) is 7.05 Å². The van der Waals surface area contributed by atoms with E-state index in [0.717, 1.165) is 10.9 Å². The Morgan fingerprint density at radius 2 is 2.16 bits per heavy atom. The molecule has 0 unspecified atom stereocenters. The maximum Gasteiger partial charge on any atom is 0.328 e. The molecule has 98 valence electrons. The van der Waals surface area contributed by atoms with E-state index in [1.54, 1.807) is 23.0 Å². The van der Waals surface area contributed by atoms with Crippen molar-refractivity contribution in [2.24, 2.45) is 7.05 Å². The predicted octanol–water partition coefficient (Wildman–Crippen LogP) is 0.602. The molecule has 2 heterocycles. The Bertz CT molecular complexity index is 691. The number of nitrogens with one attached hydrogen (secondary N) is 1. The summed E-state index contributed by atoms with van der Waals surface area (Å²) in [6.45, 7) is 0.345. The number of imide groups is 1. The van der Waals surface area contributed by atoms with Crippen molar-refractivity contribution < 1.29 is 9.59 Å². The third kappa shape index (κ3) is 1.79. The first-order valence-corrected chi connectivity index (χ1v) is 5.89. The van der Waals surface area contributed by atoms with Gasteiger partial charge in [-0.1, -0.05) is 0 Å². The van der Waals surface area contributed by atoms with Gasteiger partial charge in [-0.25, -0.2) is 4.79 Å². The van der Waals surface area contributed by atoms with Crippen molar-refractivity contribution in [3.8, 4) is 0 Å². The van der Waals surface area contributed by atoms with Crippen LogP contribution in [0.15, 0.2) is 18.3 Å². The van der Waals surface area contributed by atoms with Gasteiger partial charge in [0.15, 0.2) is 0 Å². The van der Waals surface area contributed by atoms with Crippen molar-refractivity contribution in [2.45, 2.75) is 6.42 Å². The number of nitrogens with zero attached hydrogens (tertiary/aromatic N) is 3. The van der Waals surface area contributed by atoms with Crippen molar-refractivity contribution in [1.82, 2.24) is 15.1 Å². The number of benzene rings is 1. The number of hydrogen-bond acceptors (Lipinski definition) is 4. The fourth-order valence-corrected chi connectivity index (χ4v) is 2.27. The minimum atomic E-state index is -0.424. The minimum absolute atomic E-state index is 0.257. The monoisotopic (exact) mass is 259 g/mol. The number of carbonyl (C=O) groups is 2. The molecule has 19 heavy (non-hydrogen) atoms. The van der Waals surface area contributed by atoms with Crippen molar-refractivity contribution in [1.29, 1.82) is 0 Å². The smallest absolute Gasteiger partial charge is 0.328 e. The van der Waals surface area contributed by atoms with Gasteiger partial charge in [0.25, 0.3) is 0 Å². The summed E-state index contributed by atoms with van der Waals surface area (Å²) in [6, 6.07) is 3.10. The van der Waals surface area contributed by atoms with Crippen LogP contribution in [0.3, 0.4) is 0 Å². The van der Waals surface area contributed by atoms with Crippen LogP contribution in [0, 0.1) is 0 Å². The lowest BCUT2D eigenvalue weighted by molar-refractivity contribution is -0.120. The molecule has 0 aliphatic carbocycles. The Labute approximate surface area is 109 Å². The van der Waals surface area contributed by atoms with Crippen LogP contribution in [-0.4, -0.2) is 28.3 Å². The molecule has 7 heteroatoms. The number of fused-ring (bicyclic) bond motifs is 1. The summed E-state index contributed by atoms with van der Waals surface area (Å²) in [5.41, 5.74) is 7.94. The molecule has 0 bridgehead atoms. The number of rotatable bonds is 1. The van der Waals surface area contributed by atoms with Gasteiger partial charge in [-0.15, -0.1) is 0 Å². The highest BCUT2D eigenvalue weighted by atomic mass is 16.2. The summed E-state index contributed by atoms with van der Waals surface area (Å²) in [7, 11) is 1.81. The Morgan fingerprint density at radius 3 is 2.89 bits per heavy atom. The zero-order valence-corrected chi connectivity index (χ0v) is 10.4. The third-order valence-electron chi connectivity index (χ3n) is 3.21. The largest absolute Gasteiger partial charge is 0.399 e. The molecule has 0 atom stereocenters. The molecule has 0 radical (unpaired) electrons. The van der Waals surface area contributed by atoms with Crippen LogP contribution < -0.4 is 16.0 Å². The highest BCUT2D eigenvalue weighted by Gasteiger charge is 2.26. The van der Waals surface area contributed by atoms with Crippen LogP contribution in [0.25, 0.3) is 10.9 Å². The topological polar surface area (TPSA) is 93.2 Å². The fraction of sp³-hybridized carbons (Fsp3) is 0.250. The lowest BCUT2D eigenvalue weighted by Crippen LogP contribution is -2.49. The highest BCUT2D eigenvalue weighted by Crippen LogP contribution is 2.30. The van der Waals surface area contributed by atoms with Crippen LogP contribution in [-0.2, 0) is 11.8 Å². The average Bonchev–Trinajstić information content (AvgIpc) is 2.71. The third-order valence-corrected chi connectivity index (χ3v) is 3.21. The molecular weight excluding hydrogens is 246 g/mol. The number of carbonyl (C=O) groups excluding carboxylic acids is 2. The number of amides is 3. The summed E-state index contributed by atoms with van der Waals surface area (Å²) in [5.74, 6) is -0.257. The maximum atomic E-state index is 11.9. The van der Waals surface area contributed by atoms with Gasteiger partial charge in [-0.3, -0.25) is 19.7 Å². The first-order chi connectivity index (χ1) is 9.06. The van der Waals surface area contributed by atoms with Gasteiger partial charge in [-0.05, 0) is 12.1 Å². The van der Waals surface area contributed by atoms with E-state index in [4.69, 9.17) is 5.73 Å². The van der Waals surface area contributed by atoms with Gasteiger partial charge in [0.2, 0.25) is 5.91 Å². The zero-order valence-electron chi connectivity index (χ0n) is 10.4. The average molecular weight is 259 g/mol. The summed E-state index contributed by atoms with van der Waals surface area (Å²) >= 11 is 0. The summed E-state index contributed by atoms with van der Waals surface area (Å²) in [4.78, 5) is 24.6. The molecule has 2 aromatic rings. The van der Waals surface area contributed by atoms with E-state index in [-0.39, 0.29) is 12.3 Å². The molecule has 1 saturated heterocycles. The number of hydrogen-bond donors (Lipinski definition) is 2. The maximum absolute atomic E-state index is 11.9. The second-order valence-electron chi connectivity index (χ2n) is 4.50. The quantitative estimate of drug-likeness (QED) is 0.733. The SMILES string of the molecule is Cn1ncc2c(N3CCC(=O)NC3=O)cc(N)cc21. The Kier molecular flexibility index (Phi) is 2.41. The Balaban J connectivity index is 2.14. The first-order valence-electron chi connectivity index (χ1n) is 5.89. The van der Waals surface area contributed by atoms with Crippen molar-refractivity contribution in [3.63, 3.8) is 0 Å². The van der Waals surface area contributed by atoms with Crippen LogP contribution in [0.1, 0.15) is 6.42 Å². The molecule has 0 saturated carbocycles. The van der Waals surface area contributed by atoms with Crippen LogP contribution >= 0.6 is 0 Å². The Hall–Kier alpha value is -2.57. The van der Waals surface area contributed by atoms with Gasteiger partial charge in [0.05, 0.1) is 17.4 Å². The first kappa shape index (κ1) is 11.5. The van der Waals surface area contributed by atoms with E-state index in [2.05, 4.69) is 10.4 Å². The molecule has 3 rings (SSSR count). The van der Waals surface area contributed by atoms with E-state index in [9.17, 15) is 9.59 Å². The molecule has 7 nitrogen and oxygen atoms in total. The normalized spacial score (nSPS) is 15.9. The van der Waals surface area contributed by atoms with Crippen molar-refractivity contribution in [3.05, 3.63) is 18.3 Å². The van der Waals surface area contributed by atoms with Crippen LogP contribution in [0.5, 0.6) is 0 Å². The molecule has 3 N–H and O–H groups in total. The van der Waals surface area contributed by atoms with E-state index in [0.29, 0.717) is 17.9 Å². The fourth-order valence-electron chi connectivity index (χ4n) is 2.27. The molecule has 1 fully saturated rings. The highest BCUT2D eigenvalue weighted by molar-refractivity contribution is 6.10. The van der Waals surface area contributed by atoms with E-state index in [1.165, 1.54) is 4.90 Å². The number of aromatic nitrogens is 2. The zero-order chi connectivity index (χ0) is 13.6. The molecule has 1 aliphatic rings. The summed E-state index contributed by atoms with van der Waals surface area (Å²) in [6.07, 6.45) is 1.97. The van der Waals surface area contributed by atoms with E-state index < -0.39 is 6.03 Å². The summed E-state index contributed by atoms with van der Waals surface area (Å²) < 4.78 is 1.70. The number of aryl methyl sites for hydroxylation is 1. The molecule has 0 spiro atoms. The second-order valence-corrected chi connectivity index (χ2v) is 4.50. The van der Waals surface area contributed by atoms with Gasteiger partial charge in [-0.2, -0.15) is 5.10 Å². The number of anilines is 2. The summed E-state index contributed by atoms with van der Waals surface area (Å²) in [5, 5.41) is 7.30.